The van der Waals surface area contributed by atoms with Crippen molar-refractivity contribution in [3.05, 3.63) is 34.9 Å². The summed E-state index contributed by atoms with van der Waals surface area (Å²) in [6.07, 6.45) is 0.699. The second-order valence-corrected chi connectivity index (χ2v) is 4.83. The van der Waals surface area contributed by atoms with E-state index >= 15 is 0 Å². The Bertz CT molecular complexity index is 411. The monoisotopic (exact) mass is 285 g/mol. The molecule has 0 unspecified atom stereocenters. The number of hydrogen-bond acceptors (Lipinski definition) is 4. The number of ether oxygens (including phenoxy) is 1. The number of nitrogens with two attached hydrogens (primary N) is 1. The Morgan fingerprint density at radius 1 is 1.47 bits per heavy atom. The van der Waals surface area contributed by atoms with Gasteiger partial charge in [-0.1, -0.05) is 43.1 Å². The number of aliphatic hydroxyl groups is 1. The van der Waals surface area contributed by atoms with E-state index in [1.165, 1.54) is 0 Å². The number of halogens is 1. The normalized spacial score (nSPS) is 13.9. The summed E-state index contributed by atoms with van der Waals surface area (Å²) >= 11 is 6.00. The first-order valence-corrected chi connectivity index (χ1v) is 6.77. The van der Waals surface area contributed by atoms with Crippen LogP contribution in [0, 0.1) is 0 Å². The predicted molar refractivity (Wildman–Crippen MR) is 75.0 cm³/mol. The van der Waals surface area contributed by atoms with E-state index in [-0.39, 0.29) is 0 Å². The average Bonchev–Trinajstić information content (AvgIpc) is 2.40. The van der Waals surface area contributed by atoms with Gasteiger partial charge in [0, 0.05) is 11.1 Å². The van der Waals surface area contributed by atoms with Gasteiger partial charge < -0.3 is 15.6 Å². The maximum atomic E-state index is 11.5. The van der Waals surface area contributed by atoms with E-state index in [0.717, 1.165) is 18.4 Å². The van der Waals surface area contributed by atoms with Gasteiger partial charge in [-0.25, -0.2) is 4.79 Å². The lowest BCUT2D eigenvalue weighted by Crippen LogP contribution is -2.43. The van der Waals surface area contributed by atoms with Crippen molar-refractivity contribution in [2.24, 2.45) is 5.73 Å². The Labute approximate surface area is 118 Å². The van der Waals surface area contributed by atoms with Gasteiger partial charge in [0.05, 0.1) is 6.61 Å². The lowest BCUT2D eigenvalue weighted by molar-refractivity contribution is -0.154. The zero-order valence-electron chi connectivity index (χ0n) is 11.0. The van der Waals surface area contributed by atoms with Crippen LogP contribution in [0.25, 0.3) is 0 Å². The molecule has 0 saturated heterocycles. The van der Waals surface area contributed by atoms with E-state index in [9.17, 15) is 9.90 Å². The van der Waals surface area contributed by atoms with Crippen LogP contribution in [-0.2, 0) is 16.0 Å². The number of benzene rings is 1. The first-order valence-electron chi connectivity index (χ1n) is 6.40. The molecule has 0 aliphatic rings. The Morgan fingerprint density at radius 2 is 2.16 bits per heavy atom. The minimum atomic E-state index is -1.33. The highest BCUT2D eigenvalue weighted by Crippen LogP contribution is 2.17. The van der Waals surface area contributed by atoms with Gasteiger partial charge in [-0.15, -0.1) is 0 Å². The molecule has 0 fully saturated rings. The van der Waals surface area contributed by atoms with Crippen LogP contribution in [0.1, 0.15) is 25.3 Å². The van der Waals surface area contributed by atoms with Crippen molar-refractivity contribution in [3.8, 4) is 0 Å². The van der Waals surface area contributed by atoms with Crippen LogP contribution in [0.2, 0.25) is 5.02 Å². The van der Waals surface area contributed by atoms with Gasteiger partial charge in [-0.3, -0.25) is 0 Å². The van der Waals surface area contributed by atoms with Crippen LogP contribution < -0.4 is 5.73 Å². The minimum absolute atomic E-state index is 0.311. The van der Waals surface area contributed by atoms with E-state index in [1.807, 2.05) is 25.1 Å². The molecule has 0 aliphatic carbocycles. The smallest absolute Gasteiger partial charge is 0.336 e. The van der Waals surface area contributed by atoms with Crippen molar-refractivity contribution in [2.75, 3.05) is 6.61 Å². The van der Waals surface area contributed by atoms with Crippen LogP contribution in [0.4, 0.5) is 0 Å². The fraction of sp³-hybridized carbons (Fsp3) is 0.500. The molecule has 1 aromatic carbocycles. The maximum Gasteiger partial charge on any atom is 0.336 e. The SMILES string of the molecule is CCCCOC(=O)[C@H](O)[C@H](N)Cc1ccccc1Cl. The van der Waals surface area contributed by atoms with Crippen LogP contribution in [0.5, 0.6) is 0 Å². The summed E-state index contributed by atoms with van der Waals surface area (Å²) in [5.74, 6) is -0.673. The molecule has 2 atom stereocenters. The molecule has 0 aromatic heterocycles. The highest BCUT2D eigenvalue weighted by molar-refractivity contribution is 6.31. The standard InChI is InChI=1S/C14H20ClNO3/c1-2-3-8-19-14(18)13(17)12(16)9-10-6-4-5-7-11(10)15/h4-7,12-13,17H,2-3,8-9,16H2,1H3/t12-,13-/m1/s1. The number of rotatable bonds is 7. The highest BCUT2D eigenvalue weighted by Gasteiger charge is 2.25. The van der Waals surface area contributed by atoms with E-state index in [0.29, 0.717) is 18.1 Å². The molecule has 4 nitrogen and oxygen atoms in total. The van der Waals surface area contributed by atoms with Crippen molar-refractivity contribution in [3.63, 3.8) is 0 Å². The molecule has 0 spiro atoms. The van der Waals surface area contributed by atoms with Crippen molar-refractivity contribution in [1.29, 1.82) is 0 Å². The lowest BCUT2D eigenvalue weighted by Gasteiger charge is -2.18. The number of carbonyl (C=O) groups excluding carboxylic acids is 1. The van der Waals surface area contributed by atoms with Crippen LogP contribution in [0.15, 0.2) is 24.3 Å². The molecule has 0 heterocycles. The summed E-state index contributed by atoms with van der Waals surface area (Å²) in [5, 5.41) is 10.4. The van der Waals surface area contributed by atoms with Crippen molar-refractivity contribution in [2.45, 2.75) is 38.3 Å². The average molecular weight is 286 g/mol. The zero-order valence-corrected chi connectivity index (χ0v) is 11.8. The summed E-state index contributed by atoms with van der Waals surface area (Å²) in [5.41, 5.74) is 6.62. The predicted octanol–water partition coefficient (Wildman–Crippen LogP) is 1.91. The number of aliphatic hydroxyl groups excluding tert-OH is 1. The molecule has 0 aliphatic heterocycles. The highest BCUT2D eigenvalue weighted by atomic mass is 35.5. The molecule has 5 heteroatoms. The van der Waals surface area contributed by atoms with Gasteiger partial charge in [0.1, 0.15) is 0 Å². The van der Waals surface area contributed by atoms with Gasteiger partial charge in [-0.2, -0.15) is 0 Å². The van der Waals surface area contributed by atoms with Crippen LogP contribution >= 0.6 is 11.6 Å². The Morgan fingerprint density at radius 3 is 2.79 bits per heavy atom. The minimum Gasteiger partial charge on any atom is -0.464 e. The molecule has 0 amide bonds. The fourth-order valence-corrected chi connectivity index (χ4v) is 1.82. The van der Waals surface area contributed by atoms with Gasteiger partial charge >= 0.3 is 5.97 Å². The van der Waals surface area contributed by atoms with Crippen molar-refractivity contribution in [1.82, 2.24) is 0 Å². The van der Waals surface area contributed by atoms with Crippen LogP contribution in [-0.4, -0.2) is 29.8 Å². The Hall–Kier alpha value is -1.10. The largest absolute Gasteiger partial charge is 0.464 e. The summed E-state index contributed by atoms with van der Waals surface area (Å²) in [4.78, 5) is 11.5. The molecular formula is C14H20ClNO3. The number of carbonyl (C=O) groups is 1. The summed E-state index contributed by atoms with van der Waals surface area (Å²) in [6.45, 7) is 2.30. The second-order valence-electron chi connectivity index (χ2n) is 4.43. The lowest BCUT2D eigenvalue weighted by atomic mass is 10.0. The topological polar surface area (TPSA) is 72.5 Å². The third-order valence-electron chi connectivity index (χ3n) is 2.80. The number of unbranched alkanes of at least 4 members (excludes halogenated alkanes) is 1. The van der Waals surface area contributed by atoms with Crippen molar-refractivity contribution >= 4 is 17.6 Å². The zero-order chi connectivity index (χ0) is 14.3. The summed E-state index contributed by atoms with van der Waals surface area (Å²) in [7, 11) is 0. The molecule has 3 N–H and O–H groups in total. The van der Waals surface area contributed by atoms with Gasteiger partial charge in [0.15, 0.2) is 6.10 Å². The molecule has 19 heavy (non-hydrogen) atoms. The van der Waals surface area contributed by atoms with Gasteiger partial charge in [0.25, 0.3) is 0 Å². The van der Waals surface area contributed by atoms with Gasteiger partial charge in [0.2, 0.25) is 0 Å². The number of hydrogen-bond donors (Lipinski definition) is 2. The second kappa shape index (κ2) is 8.15. The Balaban J connectivity index is 2.50. The van der Waals surface area contributed by atoms with E-state index in [1.54, 1.807) is 6.07 Å². The molecule has 0 radical (unpaired) electrons. The van der Waals surface area contributed by atoms with E-state index < -0.39 is 18.1 Å². The third kappa shape index (κ3) is 5.19. The summed E-state index contributed by atoms with van der Waals surface area (Å²) < 4.78 is 4.93. The van der Waals surface area contributed by atoms with Crippen LogP contribution in [0.3, 0.4) is 0 Å². The molecule has 0 bridgehead atoms. The van der Waals surface area contributed by atoms with E-state index in [4.69, 9.17) is 22.1 Å². The molecule has 1 rings (SSSR count). The first kappa shape index (κ1) is 16.0. The first-order chi connectivity index (χ1) is 9.06. The summed E-state index contributed by atoms with van der Waals surface area (Å²) in [6, 6.07) is 6.48. The maximum absolute atomic E-state index is 11.5. The Kier molecular flexibility index (Phi) is 6.84. The van der Waals surface area contributed by atoms with Gasteiger partial charge in [-0.05, 0) is 24.5 Å². The molecule has 1 aromatic rings. The molecular weight excluding hydrogens is 266 g/mol. The van der Waals surface area contributed by atoms with E-state index in [2.05, 4.69) is 0 Å². The fourth-order valence-electron chi connectivity index (χ4n) is 1.61. The number of esters is 1. The van der Waals surface area contributed by atoms with Crippen molar-refractivity contribution < 1.29 is 14.6 Å². The molecule has 0 saturated carbocycles. The third-order valence-corrected chi connectivity index (χ3v) is 3.17. The quantitative estimate of drug-likeness (QED) is 0.593. The molecule has 106 valence electrons.